The summed E-state index contributed by atoms with van der Waals surface area (Å²) in [7, 11) is 0. The Kier molecular flexibility index (Phi) is 1.69. The lowest BCUT2D eigenvalue weighted by Gasteiger charge is -2.23. The van der Waals surface area contributed by atoms with E-state index in [0.29, 0.717) is 0 Å². The lowest BCUT2D eigenvalue weighted by atomic mass is 9.97. The SMILES string of the molecule is [NH3+][C-]1CCCCC1. The summed E-state index contributed by atoms with van der Waals surface area (Å²) < 4.78 is 0. The van der Waals surface area contributed by atoms with Crippen molar-refractivity contribution in [2.24, 2.45) is 0 Å². The van der Waals surface area contributed by atoms with Crippen LogP contribution in [0, 0.1) is 6.04 Å². The molecule has 3 N–H and O–H groups in total. The average Bonchev–Trinajstić information content (AvgIpc) is 1.69. The van der Waals surface area contributed by atoms with Gasteiger partial charge in [-0.15, -0.1) is 18.9 Å². The highest BCUT2D eigenvalue weighted by atomic mass is 14.6. The molecule has 0 heterocycles. The molecule has 0 bridgehead atoms. The van der Waals surface area contributed by atoms with Crippen LogP contribution in [0.2, 0.25) is 0 Å². The topological polar surface area (TPSA) is 27.6 Å². The molecule has 7 heavy (non-hydrogen) atoms. The highest BCUT2D eigenvalue weighted by molar-refractivity contribution is 4.76. The molecule has 0 aromatic rings. The second-order valence-corrected chi connectivity index (χ2v) is 2.31. The number of hydrogen-bond acceptors (Lipinski definition) is 0. The Morgan fingerprint density at radius 3 is 1.86 bits per heavy atom. The maximum atomic E-state index is 3.91. The van der Waals surface area contributed by atoms with Crippen LogP contribution in [-0.4, -0.2) is 0 Å². The van der Waals surface area contributed by atoms with Gasteiger partial charge in [0.2, 0.25) is 0 Å². The minimum Gasteiger partial charge on any atom is -0.485 e. The van der Waals surface area contributed by atoms with Gasteiger partial charge in [-0.05, 0) is 0 Å². The molecular formula is C6H13N. The Bertz CT molecular complexity index is 46.1. The van der Waals surface area contributed by atoms with Crippen molar-refractivity contribution in [3.63, 3.8) is 0 Å². The normalized spacial score (nSPS) is 25.3. The minimum atomic E-state index is 1.29. The fourth-order valence-electron chi connectivity index (χ4n) is 1.05. The van der Waals surface area contributed by atoms with E-state index in [2.05, 4.69) is 5.73 Å². The zero-order valence-electron chi connectivity index (χ0n) is 4.74. The molecule has 0 saturated heterocycles. The molecule has 0 atom stereocenters. The summed E-state index contributed by atoms with van der Waals surface area (Å²) in [5.74, 6) is 0. The van der Waals surface area contributed by atoms with Crippen molar-refractivity contribution in [3.05, 3.63) is 6.04 Å². The van der Waals surface area contributed by atoms with E-state index in [-0.39, 0.29) is 0 Å². The maximum absolute atomic E-state index is 3.91. The molecule has 0 radical (unpaired) electrons. The van der Waals surface area contributed by atoms with E-state index in [1.807, 2.05) is 0 Å². The van der Waals surface area contributed by atoms with Gasteiger partial charge in [-0.2, -0.15) is 0 Å². The van der Waals surface area contributed by atoms with Gasteiger partial charge < -0.3 is 5.73 Å². The Morgan fingerprint density at radius 1 is 1.00 bits per heavy atom. The molecule has 0 amide bonds. The third kappa shape index (κ3) is 1.48. The van der Waals surface area contributed by atoms with Crippen LogP contribution in [-0.2, 0) is 0 Å². The minimum absolute atomic E-state index is 1.29. The van der Waals surface area contributed by atoms with Crippen LogP contribution >= 0.6 is 0 Å². The summed E-state index contributed by atoms with van der Waals surface area (Å²) >= 11 is 0. The van der Waals surface area contributed by atoms with Gasteiger partial charge in [0.25, 0.3) is 0 Å². The molecule has 1 nitrogen and oxygen atoms in total. The van der Waals surface area contributed by atoms with Gasteiger partial charge in [0.1, 0.15) is 0 Å². The molecular weight excluding hydrogens is 86.1 g/mol. The van der Waals surface area contributed by atoms with E-state index in [1.165, 1.54) is 38.1 Å². The number of quaternary nitrogens is 1. The lowest BCUT2D eigenvalue weighted by molar-refractivity contribution is -0.360. The Balaban J connectivity index is 2.12. The average molecular weight is 99.2 g/mol. The van der Waals surface area contributed by atoms with Crippen molar-refractivity contribution in [3.8, 4) is 0 Å². The van der Waals surface area contributed by atoms with Crippen LogP contribution in [0.1, 0.15) is 32.1 Å². The molecule has 1 fully saturated rings. The van der Waals surface area contributed by atoms with Gasteiger partial charge in [0.05, 0.1) is 0 Å². The standard InChI is InChI=1S/C6H13N/c7-6-4-2-1-3-5-6/h1-5H2,7H3. The Hall–Kier alpha value is -0.0400. The fraction of sp³-hybridized carbons (Fsp3) is 0.833. The van der Waals surface area contributed by atoms with E-state index in [9.17, 15) is 0 Å². The maximum Gasteiger partial charge on any atom is -0.0578 e. The summed E-state index contributed by atoms with van der Waals surface area (Å²) in [5, 5.41) is 0. The van der Waals surface area contributed by atoms with Crippen molar-refractivity contribution in [2.75, 3.05) is 0 Å². The molecule has 1 aliphatic carbocycles. The first-order valence-electron chi connectivity index (χ1n) is 3.06. The molecule has 1 aliphatic rings. The quantitative estimate of drug-likeness (QED) is 0.433. The molecule has 1 heteroatoms. The number of rotatable bonds is 0. The third-order valence-corrected chi connectivity index (χ3v) is 1.56. The predicted molar refractivity (Wildman–Crippen MR) is 29.2 cm³/mol. The fourth-order valence-corrected chi connectivity index (χ4v) is 1.05. The van der Waals surface area contributed by atoms with Crippen LogP contribution in [0.3, 0.4) is 0 Å². The highest BCUT2D eigenvalue weighted by Gasteiger charge is 1.98. The van der Waals surface area contributed by atoms with E-state index in [0.717, 1.165) is 0 Å². The molecule has 1 saturated carbocycles. The summed E-state index contributed by atoms with van der Waals surface area (Å²) in [6.07, 6.45) is 6.79. The smallest absolute Gasteiger partial charge is 0.0578 e. The molecule has 0 spiro atoms. The van der Waals surface area contributed by atoms with Crippen molar-refractivity contribution in [1.29, 1.82) is 0 Å². The summed E-state index contributed by atoms with van der Waals surface area (Å²) in [5.41, 5.74) is 3.91. The van der Waals surface area contributed by atoms with Gasteiger partial charge >= 0.3 is 0 Å². The van der Waals surface area contributed by atoms with E-state index >= 15 is 0 Å². The summed E-state index contributed by atoms with van der Waals surface area (Å²) in [6.45, 7) is 0. The van der Waals surface area contributed by atoms with Crippen molar-refractivity contribution in [1.82, 2.24) is 0 Å². The second kappa shape index (κ2) is 2.31. The Labute approximate surface area is 44.9 Å². The van der Waals surface area contributed by atoms with Crippen LogP contribution < -0.4 is 5.73 Å². The zero-order valence-corrected chi connectivity index (χ0v) is 4.74. The molecule has 42 valence electrons. The van der Waals surface area contributed by atoms with Crippen molar-refractivity contribution < 1.29 is 5.73 Å². The van der Waals surface area contributed by atoms with E-state index in [4.69, 9.17) is 0 Å². The highest BCUT2D eigenvalue weighted by Crippen LogP contribution is 2.18. The van der Waals surface area contributed by atoms with Gasteiger partial charge in [-0.1, -0.05) is 19.3 Å². The first-order valence-corrected chi connectivity index (χ1v) is 3.06. The van der Waals surface area contributed by atoms with E-state index in [1.54, 1.807) is 0 Å². The van der Waals surface area contributed by atoms with Crippen LogP contribution in [0.15, 0.2) is 0 Å². The zero-order chi connectivity index (χ0) is 5.11. The lowest BCUT2D eigenvalue weighted by Crippen LogP contribution is -2.54. The van der Waals surface area contributed by atoms with Crippen molar-refractivity contribution >= 4 is 0 Å². The predicted octanol–water partition coefficient (Wildman–Crippen LogP) is 0.724. The molecule has 0 aromatic carbocycles. The van der Waals surface area contributed by atoms with Gasteiger partial charge in [0.15, 0.2) is 0 Å². The van der Waals surface area contributed by atoms with Crippen LogP contribution in [0.25, 0.3) is 0 Å². The molecule has 0 aliphatic heterocycles. The van der Waals surface area contributed by atoms with Gasteiger partial charge in [-0.25, -0.2) is 0 Å². The number of hydrogen-bond donors (Lipinski definition) is 1. The largest absolute Gasteiger partial charge is 0.485 e. The van der Waals surface area contributed by atoms with Crippen LogP contribution in [0.4, 0.5) is 0 Å². The molecule has 0 unspecified atom stereocenters. The van der Waals surface area contributed by atoms with Crippen molar-refractivity contribution in [2.45, 2.75) is 32.1 Å². The van der Waals surface area contributed by atoms with E-state index < -0.39 is 0 Å². The molecule has 0 aromatic heterocycles. The monoisotopic (exact) mass is 99.1 g/mol. The third-order valence-electron chi connectivity index (χ3n) is 1.56. The first-order chi connectivity index (χ1) is 3.39. The van der Waals surface area contributed by atoms with Crippen LogP contribution in [0.5, 0.6) is 0 Å². The Morgan fingerprint density at radius 2 is 1.57 bits per heavy atom. The second-order valence-electron chi connectivity index (χ2n) is 2.31. The van der Waals surface area contributed by atoms with Gasteiger partial charge in [-0.3, -0.25) is 0 Å². The molecule has 1 rings (SSSR count). The first kappa shape index (κ1) is 5.10. The summed E-state index contributed by atoms with van der Waals surface area (Å²) in [6, 6.07) is 1.46. The summed E-state index contributed by atoms with van der Waals surface area (Å²) in [4.78, 5) is 0. The van der Waals surface area contributed by atoms with Gasteiger partial charge in [0, 0.05) is 0 Å².